The summed E-state index contributed by atoms with van der Waals surface area (Å²) < 4.78 is 10.6. The van der Waals surface area contributed by atoms with Gasteiger partial charge in [0, 0.05) is 12.3 Å². The fourth-order valence-corrected chi connectivity index (χ4v) is 1.82. The summed E-state index contributed by atoms with van der Waals surface area (Å²) in [6.07, 6.45) is 1.37. The van der Waals surface area contributed by atoms with Crippen LogP contribution < -0.4 is 10.1 Å². The standard InChI is InChI=1S/C12H17NO2/c1-9-12(7-8-15-9)13-10-3-5-11(14-2)6-4-10/h3-6,9,12-13H,7-8H2,1-2H3/t9-,12+/m0/s1. The molecule has 0 radical (unpaired) electrons. The third kappa shape index (κ3) is 2.42. The Morgan fingerprint density at radius 3 is 2.60 bits per heavy atom. The van der Waals surface area contributed by atoms with Crippen LogP contribution in [0, 0.1) is 0 Å². The number of rotatable bonds is 3. The molecule has 1 fully saturated rings. The monoisotopic (exact) mass is 207 g/mol. The molecule has 2 atom stereocenters. The van der Waals surface area contributed by atoms with Gasteiger partial charge in [-0.3, -0.25) is 0 Å². The lowest BCUT2D eigenvalue weighted by Gasteiger charge is -2.17. The van der Waals surface area contributed by atoms with Crippen LogP contribution in [0.5, 0.6) is 5.75 Å². The van der Waals surface area contributed by atoms with Crippen molar-refractivity contribution in [1.82, 2.24) is 0 Å². The summed E-state index contributed by atoms with van der Waals surface area (Å²) in [4.78, 5) is 0. The van der Waals surface area contributed by atoms with E-state index in [4.69, 9.17) is 9.47 Å². The van der Waals surface area contributed by atoms with Crippen LogP contribution >= 0.6 is 0 Å². The van der Waals surface area contributed by atoms with Crippen LogP contribution in [0.1, 0.15) is 13.3 Å². The summed E-state index contributed by atoms with van der Waals surface area (Å²) in [5, 5.41) is 3.46. The van der Waals surface area contributed by atoms with E-state index in [9.17, 15) is 0 Å². The van der Waals surface area contributed by atoms with Crippen molar-refractivity contribution < 1.29 is 9.47 Å². The fraction of sp³-hybridized carbons (Fsp3) is 0.500. The first-order valence-corrected chi connectivity index (χ1v) is 5.32. The van der Waals surface area contributed by atoms with E-state index in [2.05, 4.69) is 12.2 Å². The van der Waals surface area contributed by atoms with Crippen LogP contribution in [0.4, 0.5) is 5.69 Å². The van der Waals surface area contributed by atoms with Gasteiger partial charge in [0.25, 0.3) is 0 Å². The van der Waals surface area contributed by atoms with Crippen LogP contribution in [-0.2, 0) is 4.74 Å². The van der Waals surface area contributed by atoms with Gasteiger partial charge in [0.15, 0.2) is 0 Å². The van der Waals surface area contributed by atoms with Crippen LogP contribution in [0.2, 0.25) is 0 Å². The van der Waals surface area contributed by atoms with Crippen LogP contribution in [0.25, 0.3) is 0 Å². The fourth-order valence-electron chi connectivity index (χ4n) is 1.82. The summed E-state index contributed by atoms with van der Waals surface area (Å²) >= 11 is 0. The first-order valence-electron chi connectivity index (χ1n) is 5.32. The number of hydrogen-bond acceptors (Lipinski definition) is 3. The molecule has 0 bridgehead atoms. The summed E-state index contributed by atoms with van der Waals surface area (Å²) in [5.41, 5.74) is 1.12. The van der Waals surface area contributed by atoms with E-state index in [1.165, 1.54) is 0 Å². The molecule has 1 heterocycles. The van der Waals surface area contributed by atoms with Gasteiger partial charge in [0.1, 0.15) is 5.75 Å². The minimum atomic E-state index is 0.298. The van der Waals surface area contributed by atoms with Crippen LogP contribution in [-0.4, -0.2) is 25.9 Å². The zero-order valence-corrected chi connectivity index (χ0v) is 9.19. The minimum Gasteiger partial charge on any atom is -0.497 e. The molecular weight excluding hydrogens is 190 g/mol. The topological polar surface area (TPSA) is 30.5 Å². The first-order chi connectivity index (χ1) is 7.29. The van der Waals surface area contributed by atoms with E-state index in [0.717, 1.165) is 24.5 Å². The Bertz CT molecular complexity index is 310. The number of anilines is 1. The summed E-state index contributed by atoms with van der Waals surface area (Å²) in [5.74, 6) is 0.885. The molecule has 82 valence electrons. The summed E-state index contributed by atoms with van der Waals surface area (Å²) in [6, 6.07) is 8.41. The van der Waals surface area contributed by atoms with Gasteiger partial charge in [-0.15, -0.1) is 0 Å². The zero-order chi connectivity index (χ0) is 10.7. The minimum absolute atomic E-state index is 0.298. The first kappa shape index (κ1) is 10.3. The van der Waals surface area contributed by atoms with Crippen molar-refractivity contribution in [2.75, 3.05) is 19.0 Å². The lowest BCUT2D eigenvalue weighted by atomic mass is 10.1. The maximum atomic E-state index is 5.50. The SMILES string of the molecule is COc1ccc(N[C@@H]2CCO[C@H]2C)cc1. The van der Waals surface area contributed by atoms with Gasteiger partial charge >= 0.3 is 0 Å². The van der Waals surface area contributed by atoms with Crippen molar-refractivity contribution >= 4 is 5.69 Å². The van der Waals surface area contributed by atoms with E-state index >= 15 is 0 Å². The smallest absolute Gasteiger partial charge is 0.119 e. The second-order valence-electron chi connectivity index (χ2n) is 3.84. The highest BCUT2D eigenvalue weighted by Crippen LogP contribution is 2.20. The Morgan fingerprint density at radius 1 is 1.33 bits per heavy atom. The van der Waals surface area contributed by atoms with Crippen molar-refractivity contribution in [3.05, 3.63) is 24.3 Å². The van der Waals surface area contributed by atoms with Crippen molar-refractivity contribution in [3.8, 4) is 5.75 Å². The lowest BCUT2D eigenvalue weighted by molar-refractivity contribution is 0.121. The van der Waals surface area contributed by atoms with Gasteiger partial charge in [-0.05, 0) is 37.6 Å². The van der Waals surface area contributed by atoms with Gasteiger partial charge in [-0.2, -0.15) is 0 Å². The molecule has 0 unspecified atom stereocenters. The van der Waals surface area contributed by atoms with E-state index in [0.29, 0.717) is 12.1 Å². The average molecular weight is 207 g/mol. The van der Waals surface area contributed by atoms with E-state index in [-0.39, 0.29) is 0 Å². The number of ether oxygens (including phenoxy) is 2. The maximum absolute atomic E-state index is 5.50. The molecule has 1 aromatic carbocycles. The lowest BCUT2D eigenvalue weighted by Crippen LogP contribution is -2.26. The van der Waals surface area contributed by atoms with Gasteiger partial charge < -0.3 is 14.8 Å². The third-order valence-electron chi connectivity index (χ3n) is 2.82. The molecule has 1 saturated heterocycles. The largest absolute Gasteiger partial charge is 0.497 e. The van der Waals surface area contributed by atoms with Gasteiger partial charge in [0.05, 0.1) is 19.3 Å². The molecular formula is C12H17NO2. The molecule has 0 amide bonds. The molecule has 0 aliphatic carbocycles. The predicted octanol–water partition coefficient (Wildman–Crippen LogP) is 2.28. The molecule has 1 N–H and O–H groups in total. The highest BCUT2D eigenvalue weighted by molar-refractivity contribution is 5.47. The van der Waals surface area contributed by atoms with Gasteiger partial charge in [-0.25, -0.2) is 0 Å². The predicted molar refractivity (Wildman–Crippen MR) is 60.4 cm³/mol. The average Bonchev–Trinajstić information content (AvgIpc) is 2.66. The molecule has 3 nitrogen and oxygen atoms in total. The Labute approximate surface area is 90.4 Å². The van der Waals surface area contributed by atoms with Crippen molar-refractivity contribution in [1.29, 1.82) is 0 Å². The normalized spacial score (nSPS) is 25.2. The van der Waals surface area contributed by atoms with Crippen molar-refractivity contribution in [3.63, 3.8) is 0 Å². The highest BCUT2D eigenvalue weighted by Gasteiger charge is 2.23. The molecule has 3 heteroatoms. The Morgan fingerprint density at radius 2 is 2.07 bits per heavy atom. The van der Waals surface area contributed by atoms with Crippen molar-refractivity contribution in [2.45, 2.75) is 25.5 Å². The molecule has 1 aromatic rings. The summed E-state index contributed by atoms with van der Waals surface area (Å²) in [6.45, 7) is 2.96. The molecule has 1 aliphatic rings. The van der Waals surface area contributed by atoms with Gasteiger partial charge in [0.2, 0.25) is 0 Å². The number of nitrogens with one attached hydrogen (secondary N) is 1. The van der Waals surface area contributed by atoms with E-state index in [1.54, 1.807) is 7.11 Å². The van der Waals surface area contributed by atoms with Crippen LogP contribution in [0.3, 0.4) is 0 Å². The van der Waals surface area contributed by atoms with E-state index < -0.39 is 0 Å². The molecule has 0 spiro atoms. The zero-order valence-electron chi connectivity index (χ0n) is 9.19. The molecule has 2 rings (SSSR count). The maximum Gasteiger partial charge on any atom is 0.119 e. The molecule has 15 heavy (non-hydrogen) atoms. The number of benzene rings is 1. The third-order valence-corrected chi connectivity index (χ3v) is 2.82. The Kier molecular flexibility index (Phi) is 3.11. The van der Waals surface area contributed by atoms with Gasteiger partial charge in [-0.1, -0.05) is 0 Å². The Hall–Kier alpha value is -1.22. The number of hydrogen-bond donors (Lipinski definition) is 1. The number of methoxy groups -OCH3 is 1. The van der Waals surface area contributed by atoms with Crippen molar-refractivity contribution in [2.24, 2.45) is 0 Å². The molecule has 1 aliphatic heterocycles. The Balaban J connectivity index is 1.98. The quantitative estimate of drug-likeness (QED) is 0.824. The van der Waals surface area contributed by atoms with E-state index in [1.807, 2.05) is 24.3 Å². The summed E-state index contributed by atoms with van der Waals surface area (Å²) in [7, 11) is 1.68. The second-order valence-corrected chi connectivity index (χ2v) is 3.84. The molecule has 0 aromatic heterocycles. The van der Waals surface area contributed by atoms with Crippen LogP contribution in [0.15, 0.2) is 24.3 Å². The highest BCUT2D eigenvalue weighted by atomic mass is 16.5. The second kappa shape index (κ2) is 4.53. The molecule has 0 saturated carbocycles.